The molecule has 2 heterocycles. The molecule has 2 nitrogen and oxygen atoms in total. The Morgan fingerprint density at radius 1 is 1.14 bits per heavy atom. The minimum absolute atomic E-state index is 0.279. The fourth-order valence-electron chi connectivity index (χ4n) is 3.34. The lowest BCUT2D eigenvalue weighted by Crippen LogP contribution is -2.26. The maximum atomic E-state index is 12.7. The molecule has 6 heteroatoms. The number of alkyl halides is 3. The van der Waals surface area contributed by atoms with Gasteiger partial charge in [-0.05, 0) is 43.7 Å². The van der Waals surface area contributed by atoms with E-state index in [1.807, 2.05) is 6.08 Å². The molecule has 1 saturated heterocycles. The molecule has 0 amide bonds. The summed E-state index contributed by atoms with van der Waals surface area (Å²) in [5.41, 5.74) is 1.07. The van der Waals surface area contributed by atoms with Gasteiger partial charge in [-0.15, -0.1) is 0 Å². The van der Waals surface area contributed by atoms with E-state index in [1.54, 1.807) is 6.07 Å². The van der Waals surface area contributed by atoms with Gasteiger partial charge in [-0.3, -0.25) is 0 Å². The molecule has 3 rings (SSSR count). The zero-order valence-corrected chi connectivity index (χ0v) is 12.8. The van der Waals surface area contributed by atoms with Crippen molar-refractivity contribution in [2.45, 2.75) is 48.8 Å². The van der Waals surface area contributed by atoms with E-state index >= 15 is 0 Å². The van der Waals surface area contributed by atoms with Crippen LogP contribution in [0.4, 0.5) is 13.2 Å². The predicted octanol–water partition coefficient (Wildman–Crippen LogP) is 3.91. The molecule has 1 aromatic rings. The number of allylic oxidation sites excluding steroid dienone is 1. The third-order valence-electron chi connectivity index (χ3n) is 4.56. The zero-order valence-electron chi connectivity index (χ0n) is 11.9. The molecule has 120 valence electrons. The SMILES string of the molecule is O=S1(=O)C2C=C(CCc3cccc(C(F)(F)F)c3)CC1CC2. The van der Waals surface area contributed by atoms with Gasteiger partial charge in [0.1, 0.15) is 0 Å². The third-order valence-corrected chi connectivity index (χ3v) is 7.11. The smallest absolute Gasteiger partial charge is 0.228 e. The number of fused-ring (bicyclic) bond motifs is 2. The van der Waals surface area contributed by atoms with Crippen molar-refractivity contribution in [3.05, 3.63) is 47.0 Å². The van der Waals surface area contributed by atoms with Gasteiger partial charge < -0.3 is 0 Å². The van der Waals surface area contributed by atoms with Gasteiger partial charge in [0.05, 0.1) is 16.1 Å². The number of rotatable bonds is 3. The van der Waals surface area contributed by atoms with Gasteiger partial charge in [0.2, 0.25) is 0 Å². The molecule has 2 aliphatic heterocycles. The molecule has 2 unspecified atom stereocenters. The Morgan fingerprint density at radius 3 is 2.59 bits per heavy atom. The van der Waals surface area contributed by atoms with Crippen molar-refractivity contribution in [3.63, 3.8) is 0 Å². The summed E-state index contributed by atoms with van der Waals surface area (Å²) in [6.45, 7) is 0. The van der Waals surface area contributed by atoms with Crippen LogP contribution in [0, 0.1) is 0 Å². The number of hydrogen-bond acceptors (Lipinski definition) is 2. The van der Waals surface area contributed by atoms with E-state index in [0.29, 0.717) is 37.7 Å². The molecule has 1 aromatic carbocycles. The molecule has 0 aromatic heterocycles. The van der Waals surface area contributed by atoms with Gasteiger partial charge in [0, 0.05) is 0 Å². The molecule has 1 fully saturated rings. The first-order valence-electron chi connectivity index (χ1n) is 7.35. The van der Waals surface area contributed by atoms with E-state index in [1.165, 1.54) is 12.1 Å². The fourth-order valence-corrected chi connectivity index (χ4v) is 5.59. The number of hydrogen-bond donors (Lipinski definition) is 0. The summed E-state index contributed by atoms with van der Waals surface area (Å²) < 4.78 is 62.0. The molecule has 2 aliphatic rings. The molecule has 0 spiro atoms. The Labute approximate surface area is 128 Å². The van der Waals surface area contributed by atoms with E-state index < -0.39 is 21.6 Å². The summed E-state index contributed by atoms with van der Waals surface area (Å²) in [5.74, 6) is 0. The highest BCUT2D eigenvalue weighted by Gasteiger charge is 2.42. The van der Waals surface area contributed by atoms with E-state index in [2.05, 4.69) is 0 Å². The number of sulfone groups is 1. The van der Waals surface area contributed by atoms with E-state index in [4.69, 9.17) is 0 Å². The largest absolute Gasteiger partial charge is 0.416 e. The molecule has 0 aliphatic carbocycles. The normalized spacial score (nSPS) is 26.8. The topological polar surface area (TPSA) is 34.1 Å². The first-order chi connectivity index (χ1) is 10.3. The van der Waals surface area contributed by atoms with Crippen molar-refractivity contribution in [2.75, 3.05) is 0 Å². The lowest BCUT2D eigenvalue weighted by atomic mass is 9.99. The van der Waals surface area contributed by atoms with Gasteiger partial charge in [-0.2, -0.15) is 13.2 Å². The summed E-state index contributed by atoms with van der Waals surface area (Å²) >= 11 is 0. The monoisotopic (exact) mass is 330 g/mol. The fraction of sp³-hybridized carbons (Fsp3) is 0.500. The van der Waals surface area contributed by atoms with Crippen molar-refractivity contribution in [2.24, 2.45) is 0 Å². The van der Waals surface area contributed by atoms with E-state index in [0.717, 1.165) is 11.6 Å². The average Bonchev–Trinajstić information content (AvgIpc) is 2.65. The van der Waals surface area contributed by atoms with Crippen molar-refractivity contribution in [1.82, 2.24) is 0 Å². The second-order valence-electron chi connectivity index (χ2n) is 6.05. The van der Waals surface area contributed by atoms with Gasteiger partial charge in [0.15, 0.2) is 9.84 Å². The van der Waals surface area contributed by atoms with Crippen LogP contribution in [0.3, 0.4) is 0 Å². The minimum Gasteiger partial charge on any atom is -0.228 e. The lowest BCUT2D eigenvalue weighted by Gasteiger charge is -2.20. The molecule has 0 N–H and O–H groups in total. The average molecular weight is 330 g/mol. The summed E-state index contributed by atoms with van der Waals surface area (Å²) in [7, 11) is -3.00. The lowest BCUT2D eigenvalue weighted by molar-refractivity contribution is -0.137. The number of benzene rings is 1. The molecular formula is C16H17F3O2S. The Bertz CT molecular complexity index is 704. The first-order valence-corrected chi connectivity index (χ1v) is 8.96. The van der Waals surface area contributed by atoms with Crippen molar-refractivity contribution in [1.29, 1.82) is 0 Å². The van der Waals surface area contributed by atoms with Crippen LogP contribution < -0.4 is 0 Å². The van der Waals surface area contributed by atoms with Crippen LogP contribution in [0.15, 0.2) is 35.9 Å². The maximum Gasteiger partial charge on any atom is 0.416 e. The third kappa shape index (κ3) is 2.93. The van der Waals surface area contributed by atoms with Crippen molar-refractivity contribution in [3.8, 4) is 0 Å². The number of aryl methyl sites for hydroxylation is 1. The van der Waals surface area contributed by atoms with E-state index in [9.17, 15) is 21.6 Å². The van der Waals surface area contributed by atoms with Crippen LogP contribution in [-0.2, 0) is 22.4 Å². The van der Waals surface area contributed by atoms with E-state index in [-0.39, 0.29) is 10.5 Å². The van der Waals surface area contributed by atoms with Crippen LogP contribution in [0.5, 0.6) is 0 Å². The summed E-state index contributed by atoms with van der Waals surface area (Å²) in [5, 5.41) is -0.651. The Hall–Kier alpha value is -1.30. The predicted molar refractivity (Wildman–Crippen MR) is 78.2 cm³/mol. The highest BCUT2D eigenvalue weighted by molar-refractivity contribution is 7.93. The molecular weight excluding hydrogens is 313 g/mol. The summed E-state index contributed by atoms with van der Waals surface area (Å²) in [4.78, 5) is 0. The van der Waals surface area contributed by atoms with Crippen LogP contribution in [0.25, 0.3) is 0 Å². The Kier molecular flexibility index (Phi) is 3.83. The molecule has 2 atom stereocenters. The molecule has 22 heavy (non-hydrogen) atoms. The van der Waals surface area contributed by atoms with Crippen LogP contribution >= 0.6 is 0 Å². The van der Waals surface area contributed by atoms with Gasteiger partial charge >= 0.3 is 6.18 Å². The van der Waals surface area contributed by atoms with Gasteiger partial charge in [0.25, 0.3) is 0 Å². The van der Waals surface area contributed by atoms with Crippen molar-refractivity contribution < 1.29 is 21.6 Å². The second-order valence-corrected chi connectivity index (χ2v) is 8.50. The van der Waals surface area contributed by atoms with Gasteiger partial charge in [-0.1, -0.05) is 29.8 Å². The number of halogens is 3. The van der Waals surface area contributed by atoms with Crippen LogP contribution in [-0.4, -0.2) is 18.9 Å². The minimum atomic E-state index is -4.33. The zero-order chi connectivity index (χ0) is 16.0. The Morgan fingerprint density at radius 2 is 1.91 bits per heavy atom. The van der Waals surface area contributed by atoms with Crippen molar-refractivity contribution >= 4 is 9.84 Å². The molecule has 0 radical (unpaired) electrons. The molecule has 2 bridgehead atoms. The summed E-state index contributed by atoms with van der Waals surface area (Å²) in [6, 6.07) is 5.34. The highest BCUT2D eigenvalue weighted by atomic mass is 32.2. The quantitative estimate of drug-likeness (QED) is 0.787. The highest BCUT2D eigenvalue weighted by Crippen LogP contribution is 2.38. The first kappa shape index (κ1) is 15.6. The second kappa shape index (κ2) is 5.41. The van der Waals surface area contributed by atoms with Gasteiger partial charge in [-0.25, -0.2) is 8.42 Å². The van der Waals surface area contributed by atoms with Crippen LogP contribution in [0.2, 0.25) is 0 Å². The molecule has 0 saturated carbocycles. The Balaban J connectivity index is 1.70. The van der Waals surface area contributed by atoms with Crippen LogP contribution in [0.1, 0.15) is 36.8 Å². The standard InChI is InChI=1S/C16H17F3O2S/c17-16(18,19)13-3-1-2-11(8-13)4-5-12-9-14-6-7-15(10-12)22(14,20)21/h1-3,8-9,14-15H,4-7,10H2. The summed E-state index contributed by atoms with van der Waals surface area (Å²) in [6.07, 6.45) is 0.563. The maximum absolute atomic E-state index is 12.7.